The van der Waals surface area contributed by atoms with Crippen LogP contribution in [-0.4, -0.2) is 47.4 Å². The van der Waals surface area contributed by atoms with Crippen molar-refractivity contribution >= 4 is 11.9 Å². The van der Waals surface area contributed by atoms with Gasteiger partial charge >= 0.3 is 5.97 Å². The van der Waals surface area contributed by atoms with Crippen molar-refractivity contribution in [3.8, 4) is 0 Å². The average molecular weight is 245 g/mol. The molecule has 98 valence electrons. The topological polar surface area (TPSA) is 95.9 Å². The van der Waals surface area contributed by atoms with Crippen LogP contribution in [0.5, 0.6) is 0 Å². The number of aliphatic hydroxyl groups is 1. The van der Waals surface area contributed by atoms with E-state index in [0.717, 1.165) is 6.92 Å². The smallest absolute Gasteiger partial charge is 0.337 e. The fourth-order valence-electron chi connectivity index (χ4n) is 1.13. The summed E-state index contributed by atoms with van der Waals surface area (Å²) in [5.74, 6) is -1.02. The monoisotopic (exact) mass is 245 g/mol. The van der Waals surface area contributed by atoms with Crippen molar-refractivity contribution in [1.29, 1.82) is 0 Å². The van der Waals surface area contributed by atoms with E-state index in [0.29, 0.717) is 19.1 Å². The standard InChI is InChI=1S/C11H19NO5/c1-11(16,10(14)15)7-12-9(13)4-5-17-6-8-2-3-8/h8,16H,2-7H2,1H3,(H,12,13)(H,14,15). The molecule has 0 saturated heterocycles. The van der Waals surface area contributed by atoms with Crippen LogP contribution < -0.4 is 5.32 Å². The molecule has 17 heavy (non-hydrogen) atoms. The zero-order chi connectivity index (χ0) is 12.9. The molecule has 0 heterocycles. The van der Waals surface area contributed by atoms with E-state index in [1.165, 1.54) is 12.8 Å². The molecule has 0 aliphatic heterocycles. The third-order valence-electron chi connectivity index (χ3n) is 2.61. The Morgan fingerprint density at radius 1 is 1.47 bits per heavy atom. The Labute approximate surface area is 100.0 Å². The molecule has 3 N–H and O–H groups in total. The molecule has 1 unspecified atom stereocenters. The fourth-order valence-corrected chi connectivity index (χ4v) is 1.13. The summed E-state index contributed by atoms with van der Waals surface area (Å²) in [6.07, 6.45) is 2.59. The zero-order valence-corrected chi connectivity index (χ0v) is 9.94. The largest absolute Gasteiger partial charge is 0.479 e. The minimum Gasteiger partial charge on any atom is -0.479 e. The van der Waals surface area contributed by atoms with Gasteiger partial charge in [0.15, 0.2) is 5.60 Å². The van der Waals surface area contributed by atoms with Crippen LogP contribution in [0.2, 0.25) is 0 Å². The summed E-state index contributed by atoms with van der Waals surface area (Å²) < 4.78 is 5.27. The number of nitrogens with one attached hydrogen (secondary N) is 1. The molecular weight excluding hydrogens is 226 g/mol. The van der Waals surface area contributed by atoms with Crippen molar-refractivity contribution in [3.05, 3.63) is 0 Å². The van der Waals surface area contributed by atoms with Gasteiger partial charge in [-0.3, -0.25) is 4.79 Å². The first-order valence-electron chi connectivity index (χ1n) is 5.72. The Morgan fingerprint density at radius 2 is 2.12 bits per heavy atom. The quantitative estimate of drug-likeness (QED) is 0.513. The lowest BCUT2D eigenvalue weighted by Crippen LogP contribution is -2.46. The molecule has 1 aliphatic rings. The van der Waals surface area contributed by atoms with Gasteiger partial charge in [-0.25, -0.2) is 4.79 Å². The Kier molecular flexibility index (Phi) is 4.89. The van der Waals surface area contributed by atoms with Crippen molar-refractivity contribution in [2.75, 3.05) is 19.8 Å². The lowest BCUT2D eigenvalue weighted by Gasteiger charge is -2.18. The molecule has 6 nitrogen and oxygen atoms in total. The van der Waals surface area contributed by atoms with Gasteiger partial charge in [0.1, 0.15) is 0 Å². The van der Waals surface area contributed by atoms with Crippen molar-refractivity contribution < 1.29 is 24.5 Å². The van der Waals surface area contributed by atoms with Gasteiger partial charge in [0.25, 0.3) is 0 Å². The van der Waals surface area contributed by atoms with Gasteiger partial charge in [0.05, 0.1) is 13.2 Å². The first-order chi connectivity index (χ1) is 7.92. The molecule has 1 atom stereocenters. The highest BCUT2D eigenvalue weighted by Crippen LogP contribution is 2.28. The van der Waals surface area contributed by atoms with Crippen LogP contribution in [0.3, 0.4) is 0 Å². The van der Waals surface area contributed by atoms with Crippen LogP contribution in [-0.2, 0) is 14.3 Å². The Balaban J connectivity index is 2.05. The van der Waals surface area contributed by atoms with Gasteiger partial charge in [-0.2, -0.15) is 0 Å². The number of carboxylic acid groups (broad SMARTS) is 1. The first-order valence-corrected chi connectivity index (χ1v) is 5.72. The van der Waals surface area contributed by atoms with Gasteiger partial charge < -0.3 is 20.3 Å². The molecule has 1 rings (SSSR count). The number of aliphatic carboxylic acids is 1. The van der Waals surface area contributed by atoms with Gasteiger partial charge in [-0.15, -0.1) is 0 Å². The number of amides is 1. The molecule has 0 bridgehead atoms. The summed E-state index contributed by atoms with van der Waals surface area (Å²) in [7, 11) is 0. The molecule has 0 radical (unpaired) electrons. The molecule has 6 heteroatoms. The Bertz CT molecular complexity index is 286. The van der Waals surface area contributed by atoms with E-state index in [1.54, 1.807) is 0 Å². The first kappa shape index (κ1) is 13.9. The number of hydrogen-bond acceptors (Lipinski definition) is 4. The second-order valence-electron chi connectivity index (χ2n) is 4.62. The summed E-state index contributed by atoms with van der Waals surface area (Å²) in [6, 6.07) is 0. The molecule has 0 aromatic heterocycles. The van der Waals surface area contributed by atoms with Crippen molar-refractivity contribution in [1.82, 2.24) is 5.32 Å². The summed E-state index contributed by atoms with van der Waals surface area (Å²) >= 11 is 0. The number of ether oxygens (including phenoxy) is 1. The number of hydrogen-bond donors (Lipinski definition) is 3. The highest BCUT2D eigenvalue weighted by Gasteiger charge is 2.30. The van der Waals surface area contributed by atoms with Crippen molar-refractivity contribution in [2.24, 2.45) is 5.92 Å². The lowest BCUT2D eigenvalue weighted by molar-refractivity contribution is -0.156. The molecule has 1 amide bonds. The molecule has 0 aromatic rings. The van der Waals surface area contributed by atoms with Gasteiger partial charge in [0.2, 0.25) is 5.91 Å². The summed E-state index contributed by atoms with van der Waals surface area (Å²) in [5.41, 5.74) is -1.93. The maximum atomic E-state index is 11.3. The molecule has 0 spiro atoms. The highest BCUT2D eigenvalue weighted by atomic mass is 16.5. The number of carbonyl (C=O) groups is 2. The number of carbonyl (C=O) groups excluding carboxylic acids is 1. The fraction of sp³-hybridized carbons (Fsp3) is 0.818. The van der Waals surface area contributed by atoms with Gasteiger partial charge in [-0.05, 0) is 25.7 Å². The van der Waals surface area contributed by atoms with E-state index >= 15 is 0 Å². The molecule has 1 saturated carbocycles. The maximum absolute atomic E-state index is 11.3. The predicted molar refractivity (Wildman–Crippen MR) is 59.4 cm³/mol. The summed E-state index contributed by atoms with van der Waals surface area (Å²) in [4.78, 5) is 21.8. The minimum absolute atomic E-state index is 0.183. The summed E-state index contributed by atoms with van der Waals surface area (Å²) in [5, 5.41) is 20.3. The third-order valence-corrected chi connectivity index (χ3v) is 2.61. The Hall–Kier alpha value is -1.14. The number of carboxylic acids is 1. The van der Waals surface area contributed by atoms with Crippen LogP contribution in [0.15, 0.2) is 0 Å². The molecule has 1 aliphatic carbocycles. The molecule has 1 fully saturated rings. The highest BCUT2D eigenvalue weighted by molar-refractivity contribution is 5.80. The maximum Gasteiger partial charge on any atom is 0.337 e. The minimum atomic E-state index is -1.93. The van der Waals surface area contributed by atoms with Gasteiger partial charge in [-0.1, -0.05) is 0 Å². The van der Waals surface area contributed by atoms with Crippen LogP contribution in [0.1, 0.15) is 26.2 Å². The van der Waals surface area contributed by atoms with Gasteiger partial charge in [0, 0.05) is 13.0 Å². The number of rotatable bonds is 8. The van der Waals surface area contributed by atoms with Crippen molar-refractivity contribution in [2.45, 2.75) is 31.8 Å². The van der Waals surface area contributed by atoms with Crippen LogP contribution in [0.4, 0.5) is 0 Å². The van der Waals surface area contributed by atoms with E-state index in [-0.39, 0.29) is 18.9 Å². The van der Waals surface area contributed by atoms with Crippen LogP contribution in [0.25, 0.3) is 0 Å². The SMILES string of the molecule is CC(O)(CNC(=O)CCOCC1CC1)C(=O)O. The van der Waals surface area contributed by atoms with Crippen LogP contribution in [0, 0.1) is 5.92 Å². The summed E-state index contributed by atoms with van der Waals surface area (Å²) in [6.45, 7) is 1.86. The lowest BCUT2D eigenvalue weighted by atomic mass is 10.1. The third kappa shape index (κ3) is 5.65. The van der Waals surface area contributed by atoms with Crippen molar-refractivity contribution in [3.63, 3.8) is 0 Å². The predicted octanol–water partition coefficient (Wildman–Crippen LogP) is -0.245. The normalized spacial score (nSPS) is 18.5. The average Bonchev–Trinajstić information content (AvgIpc) is 3.05. The Morgan fingerprint density at radius 3 is 2.65 bits per heavy atom. The zero-order valence-electron chi connectivity index (χ0n) is 9.94. The van der Waals surface area contributed by atoms with E-state index in [2.05, 4.69) is 5.32 Å². The van der Waals surface area contributed by atoms with E-state index in [4.69, 9.17) is 9.84 Å². The molecule has 0 aromatic carbocycles. The molecular formula is C11H19NO5. The second-order valence-corrected chi connectivity index (χ2v) is 4.62. The second kappa shape index (κ2) is 5.97. The van der Waals surface area contributed by atoms with E-state index in [9.17, 15) is 14.7 Å². The van der Waals surface area contributed by atoms with E-state index < -0.39 is 11.6 Å². The van der Waals surface area contributed by atoms with E-state index in [1.807, 2.05) is 0 Å². The van der Waals surface area contributed by atoms with Crippen LogP contribution >= 0.6 is 0 Å².